The third-order valence-corrected chi connectivity index (χ3v) is 5.92. The van der Waals surface area contributed by atoms with Crippen LogP contribution in [0.3, 0.4) is 0 Å². The number of sulfonamides is 1. The van der Waals surface area contributed by atoms with E-state index >= 15 is 0 Å². The van der Waals surface area contributed by atoms with Crippen LogP contribution < -0.4 is 0 Å². The Hall–Kier alpha value is -1.40. The molecule has 0 aromatic heterocycles. The molecule has 0 saturated carbocycles. The highest BCUT2D eigenvalue weighted by Gasteiger charge is 2.25. The fourth-order valence-electron chi connectivity index (χ4n) is 2.72. The van der Waals surface area contributed by atoms with Gasteiger partial charge in [0.2, 0.25) is 10.0 Å². The lowest BCUT2D eigenvalue weighted by Crippen LogP contribution is -2.32. The summed E-state index contributed by atoms with van der Waals surface area (Å²) < 4.78 is 25.4. The van der Waals surface area contributed by atoms with Gasteiger partial charge in [-0.05, 0) is 36.3 Å². The van der Waals surface area contributed by atoms with Crippen LogP contribution in [0.2, 0.25) is 0 Å². The number of carboxylic acid groups (broad SMARTS) is 1. The van der Waals surface area contributed by atoms with Crippen molar-refractivity contribution in [2.45, 2.75) is 25.7 Å². The van der Waals surface area contributed by atoms with Crippen molar-refractivity contribution in [1.82, 2.24) is 4.31 Å². The van der Waals surface area contributed by atoms with E-state index < -0.39 is 16.0 Å². The highest BCUT2D eigenvalue weighted by Crippen LogP contribution is 2.28. The molecule has 1 aliphatic rings. The molecule has 0 spiro atoms. The Morgan fingerprint density at radius 1 is 1.29 bits per heavy atom. The quantitative estimate of drug-likeness (QED) is 0.828. The van der Waals surface area contributed by atoms with Gasteiger partial charge in [0.15, 0.2) is 0 Å². The van der Waals surface area contributed by atoms with Gasteiger partial charge in [-0.1, -0.05) is 24.3 Å². The first-order valence-corrected chi connectivity index (χ1v) is 8.72. The molecule has 1 aromatic rings. The van der Waals surface area contributed by atoms with E-state index in [1.165, 1.54) is 18.2 Å². The number of hydrogen-bond donors (Lipinski definition) is 1. The first-order valence-electron chi connectivity index (χ1n) is 7.11. The van der Waals surface area contributed by atoms with Gasteiger partial charge in [0.25, 0.3) is 0 Å². The molecule has 2 rings (SSSR count). The third kappa shape index (κ3) is 4.28. The van der Waals surface area contributed by atoms with Gasteiger partial charge in [-0.2, -0.15) is 0 Å². The summed E-state index contributed by atoms with van der Waals surface area (Å²) in [6, 6.07) is 8.22. The zero-order valence-electron chi connectivity index (χ0n) is 12.2. The summed E-state index contributed by atoms with van der Waals surface area (Å²) >= 11 is 0. The summed E-state index contributed by atoms with van der Waals surface area (Å²) in [6.45, 7) is 0.0303. The molecule has 0 aliphatic heterocycles. The van der Waals surface area contributed by atoms with Crippen LogP contribution >= 0.6 is 0 Å². The lowest BCUT2D eigenvalue weighted by atomic mass is 10.0. The van der Waals surface area contributed by atoms with Crippen molar-refractivity contribution in [3.63, 3.8) is 0 Å². The van der Waals surface area contributed by atoms with Crippen molar-refractivity contribution in [3.8, 4) is 0 Å². The maximum atomic E-state index is 12.1. The predicted molar refractivity (Wildman–Crippen MR) is 80.6 cm³/mol. The van der Waals surface area contributed by atoms with Crippen molar-refractivity contribution in [2.24, 2.45) is 5.92 Å². The smallest absolute Gasteiger partial charge is 0.304 e. The lowest BCUT2D eigenvalue weighted by molar-refractivity contribution is -0.137. The average molecular weight is 311 g/mol. The van der Waals surface area contributed by atoms with Crippen molar-refractivity contribution in [2.75, 3.05) is 19.3 Å². The molecule has 0 atom stereocenters. The van der Waals surface area contributed by atoms with Crippen molar-refractivity contribution in [3.05, 3.63) is 35.4 Å². The van der Waals surface area contributed by atoms with E-state index in [2.05, 4.69) is 12.1 Å². The molecule has 116 valence electrons. The van der Waals surface area contributed by atoms with E-state index in [0.29, 0.717) is 12.3 Å². The van der Waals surface area contributed by atoms with Gasteiger partial charge in [-0.25, -0.2) is 12.7 Å². The molecule has 0 saturated heterocycles. The number of carboxylic acids is 1. The van der Waals surface area contributed by atoms with E-state index in [4.69, 9.17) is 5.11 Å². The second-order valence-corrected chi connectivity index (χ2v) is 7.81. The number of benzene rings is 1. The Bertz CT molecular complexity index is 587. The first-order chi connectivity index (χ1) is 9.88. The average Bonchev–Trinajstić information content (AvgIpc) is 2.85. The highest BCUT2D eigenvalue weighted by molar-refractivity contribution is 7.89. The molecule has 1 N–H and O–H groups in total. The molecule has 1 aromatic carbocycles. The molecule has 6 heteroatoms. The van der Waals surface area contributed by atoms with E-state index in [0.717, 1.165) is 17.1 Å². The standard InChI is InChI=1S/C15H21NO4S/c1-16(8-6-15(17)18)21(19,20)9-7-12-10-13-4-2-3-5-14(13)11-12/h2-5,12H,6-11H2,1H3,(H,17,18). The van der Waals surface area contributed by atoms with Crippen LogP contribution in [-0.2, 0) is 27.7 Å². The molecule has 0 bridgehead atoms. The fourth-order valence-corrected chi connectivity index (χ4v) is 4.03. The highest BCUT2D eigenvalue weighted by atomic mass is 32.2. The van der Waals surface area contributed by atoms with E-state index in [1.807, 2.05) is 12.1 Å². The first kappa shape index (κ1) is 16.0. The van der Waals surface area contributed by atoms with Gasteiger partial charge in [-0.3, -0.25) is 4.79 Å². The number of hydrogen-bond acceptors (Lipinski definition) is 3. The number of aliphatic carboxylic acids is 1. The Morgan fingerprint density at radius 3 is 2.38 bits per heavy atom. The van der Waals surface area contributed by atoms with E-state index in [9.17, 15) is 13.2 Å². The lowest BCUT2D eigenvalue weighted by Gasteiger charge is -2.17. The maximum Gasteiger partial charge on any atom is 0.304 e. The minimum atomic E-state index is -3.36. The normalized spacial score (nSPS) is 15.3. The summed E-state index contributed by atoms with van der Waals surface area (Å²) in [7, 11) is -1.91. The second kappa shape index (κ2) is 6.58. The number of nitrogens with zero attached hydrogens (tertiary/aromatic N) is 1. The van der Waals surface area contributed by atoms with Crippen LogP contribution in [0, 0.1) is 5.92 Å². The Labute approximate surface area is 125 Å². The van der Waals surface area contributed by atoms with Crippen molar-refractivity contribution < 1.29 is 18.3 Å². The number of carbonyl (C=O) groups is 1. The molecular weight excluding hydrogens is 290 g/mol. The van der Waals surface area contributed by atoms with Crippen LogP contribution in [0.5, 0.6) is 0 Å². The zero-order valence-corrected chi connectivity index (χ0v) is 13.0. The molecule has 5 nitrogen and oxygen atoms in total. The number of rotatable bonds is 7. The zero-order chi connectivity index (χ0) is 15.5. The molecule has 0 heterocycles. The Morgan fingerprint density at radius 2 is 1.86 bits per heavy atom. The molecular formula is C15H21NO4S. The summed E-state index contributed by atoms with van der Waals surface area (Å²) in [5.74, 6) is -0.532. The Balaban J connectivity index is 1.84. The predicted octanol–water partition coefficient (Wildman–Crippen LogP) is 1.53. The van der Waals surface area contributed by atoms with Crippen LogP contribution in [0.15, 0.2) is 24.3 Å². The largest absolute Gasteiger partial charge is 0.481 e. The van der Waals surface area contributed by atoms with Gasteiger partial charge in [-0.15, -0.1) is 0 Å². The molecule has 0 unspecified atom stereocenters. The fraction of sp³-hybridized carbons (Fsp3) is 0.533. The van der Waals surface area contributed by atoms with Crippen LogP contribution in [0.4, 0.5) is 0 Å². The summed E-state index contributed by atoms with van der Waals surface area (Å²) in [5, 5.41) is 8.61. The van der Waals surface area contributed by atoms with Crippen LogP contribution in [0.1, 0.15) is 24.0 Å². The van der Waals surface area contributed by atoms with Crippen molar-refractivity contribution >= 4 is 16.0 Å². The van der Waals surface area contributed by atoms with Gasteiger partial charge in [0.1, 0.15) is 0 Å². The van der Waals surface area contributed by atoms with Crippen LogP contribution in [0.25, 0.3) is 0 Å². The molecule has 21 heavy (non-hydrogen) atoms. The monoisotopic (exact) mass is 311 g/mol. The van der Waals surface area contributed by atoms with Gasteiger partial charge >= 0.3 is 5.97 Å². The van der Waals surface area contributed by atoms with Gasteiger partial charge in [0.05, 0.1) is 12.2 Å². The van der Waals surface area contributed by atoms with Gasteiger partial charge in [0, 0.05) is 13.6 Å². The molecule has 0 fully saturated rings. The minimum Gasteiger partial charge on any atom is -0.481 e. The number of fused-ring (bicyclic) bond motifs is 1. The summed E-state index contributed by atoms with van der Waals surface area (Å²) in [4.78, 5) is 10.5. The van der Waals surface area contributed by atoms with Gasteiger partial charge < -0.3 is 5.11 Å². The van der Waals surface area contributed by atoms with Crippen LogP contribution in [-0.4, -0.2) is 43.1 Å². The topological polar surface area (TPSA) is 74.7 Å². The van der Waals surface area contributed by atoms with Crippen molar-refractivity contribution in [1.29, 1.82) is 0 Å². The third-order valence-electron chi connectivity index (χ3n) is 4.04. The maximum absolute atomic E-state index is 12.1. The SMILES string of the molecule is CN(CCC(=O)O)S(=O)(=O)CCC1Cc2ccccc2C1. The molecule has 0 amide bonds. The Kier molecular flexibility index (Phi) is 5.00. The summed E-state index contributed by atoms with van der Waals surface area (Å²) in [6.07, 6.45) is 2.33. The molecule has 0 radical (unpaired) electrons. The second-order valence-electron chi connectivity index (χ2n) is 5.61. The summed E-state index contributed by atoms with van der Waals surface area (Å²) in [5.41, 5.74) is 2.64. The van der Waals surface area contributed by atoms with E-state index in [-0.39, 0.29) is 18.7 Å². The molecule has 1 aliphatic carbocycles. The minimum absolute atomic E-state index is 0.0303. The van der Waals surface area contributed by atoms with E-state index in [1.54, 1.807) is 0 Å².